The molecule has 0 atom stereocenters. The molecule has 4 aromatic rings. The molecule has 0 bridgehead atoms. The first-order valence-corrected chi connectivity index (χ1v) is 13.1. The van der Waals surface area contributed by atoms with Gasteiger partial charge in [-0.1, -0.05) is 41.7 Å². The van der Waals surface area contributed by atoms with Crippen LogP contribution < -0.4 is 14.4 Å². The van der Waals surface area contributed by atoms with Crippen molar-refractivity contribution in [2.45, 2.75) is 18.4 Å². The molecule has 4 rings (SSSR count). The van der Waals surface area contributed by atoms with Crippen molar-refractivity contribution in [3.63, 3.8) is 0 Å². The molecule has 0 unspecified atom stereocenters. The topological polar surface area (TPSA) is 85.8 Å². The number of carbonyl (C=O) groups excluding carboxylic acids is 1. The molecule has 0 N–H and O–H groups in total. The third-order valence-electron chi connectivity index (χ3n) is 5.11. The van der Waals surface area contributed by atoms with Crippen LogP contribution in [0.15, 0.2) is 77.7 Å². The molecule has 7 nitrogen and oxygen atoms in total. The zero-order valence-electron chi connectivity index (χ0n) is 18.8. The third-order valence-corrected chi connectivity index (χ3v) is 7.77. The fraction of sp³-hybridized carbons (Fsp3) is 0.200. The number of amides is 1. The second-order valence-corrected chi connectivity index (χ2v) is 10.5. The second-order valence-electron chi connectivity index (χ2n) is 7.46. The zero-order chi connectivity index (χ0) is 24.1. The average Bonchev–Trinajstić information content (AvgIpc) is 3.26. The summed E-state index contributed by atoms with van der Waals surface area (Å²) in [7, 11) is -2.36. The first kappa shape index (κ1) is 23.7. The quantitative estimate of drug-likeness (QED) is 0.334. The van der Waals surface area contributed by atoms with E-state index in [4.69, 9.17) is 9.47 Å². The van der Waals surface area contributed by atoms with Crippen LogP contribution in [0.2, 0.25) is 0 Å². The predicted molar refractivity (Wildman–Crippen MR) is 133 cm³/mol. The van der Waals surface area contributed by atoms with E-state index < -0.39 is 21.5 Å². The molecule has 0 radical (unpaired) electrons. The predicted octanol–water partition coefficient (Wildman–Crippen LogP) is 4.71. The molecular weight excluding hydrogens is 472 g/mol. The van der Waals surface area contributed by atoms with E-state index in [1.54, 1.807) is 12.1 Å². The summed E-state index contributed by atoms with van der Waals surface area (Å²) < 4.78 is 37.5. The number of rotatable bonds is 9. The average molecular weight is 497 g/mol. The van der Waals surface area contributed by atoms with Crippen LogP contribution in [-0.4, -0.2) is 38.8 Å². The Balaban J connectivity index is 1.66. The van der Waals surface area contributed by atoms with Gasteiger partial charge in [-0.05, 0) is 55.0 Å². The Morgan fingerprint density at radius 1 is 1.00 bits per heavy atom. The summed E-state index contributed by atoms with van der Waals surface area (Å²) in [6.07, 6.45) is 0. The van der Waals surface area contributed by atoms with Crippen LogP contribution in [0.1, 0.15) is 12.5 Å². The van der Waals surface area contributed by atoms with E-state index in [-0.39, 0.29) is 11.4 Å². The molecule has 0 aliphatic rings. The van der Waals surface area contributed by atoms with Gasteiger partial charge in [-0.15, -0.1) is 0 Å². The lowest BCUT2D eigenvalue weighted by Gasteiger charge is -2.20. The van der Waals surface area contributed by atoms with Gasteiger partial charge in [-0.3, -0.25) is 9.69 Å². The highest BCUT2D eigenvalue weighted by atomic mass is 32.2. The van der Waals surface area contributed by atoms with Crippen molar-refractivity contribution in [1.82, 2.24) is 4.98 Å². The Morgan fingerprint density at radius 3 is 2.38 bits per heavy atom. The van der Waals surface area contributed by atoms with E-state index in [9.17, 15) is 13.2 Å². The van der Waals surface area contributed by atoms with E-state index in [2.05, 4.69) is 4.98 Å². The van der Waals surface area contributed by atoms with Crippen molar-refractivity contribution >= 4 is 42.4 Å². The number of sulfone groups is 1. The Bertz CT molecular complexity index is 1380. The monoisotopic (exact) mass is 496 g/mol. The number of anilines is 1. The van der Waals surface area contributed by atoms with Gasteiger partial charge in [-0.2, -0.15) is 0 Å². The lowest BCUT2D eigenvalue weighted by Crippen LogP contribution is -2.35. The summed E-state index contributed by atoms with van der Waals surface area (Å²) in [5.74, 6) is 0.0283. The fourth-order valence-electron chi connectivity index (χ4n) is 3.40. The van der Waals surface area contributed by atoms with Crippen molar-refractivity contribution in [3.8, 4) is 11.5 Å². The molecular formula is C25H24N2O5S2. The molecule has 1 heterocycles. The smallest absolute Gasteiger partial charge is 0.244 e. The number of aromatic nitrogens is 1. The molecule has 1 amide bonds. The Hall–Kier alpha value is -3.43. The van der Waals surface area contributed by atoms with E-state index in [0.29, 0.717) is 28.8 Å². The number of thiazole rings is 1. The van der Waals surface area contributed by atoms with Gasteiger partial charge < -0.3 is 9.47 Å². The third kappa shape index (κ3) is 5.37. The number of nitrogens with zero attached hydrogens (tertiary/aromatic N) is 2. The number of benzene rings is 3. The lowest BCUT2D eigenvalue weighted by atomic mass is 10.2. The van der Waals surface area contributed by atoms with Gasteiger partial charge in [-0.25, -0.2) is 13.4 Å². The van der Waals surface area contributed by atoms with E-state index in [1.165, 1.54) is 35.5 Å². The number of hydrogen-bond donors (Lipinski definition) is 0. The largest absolute Gasteiger partial charge is 0.497 e. The molecule has 0 fully saturated rings. The maximum absolute atomic E-state index is 13.4. The Morgan fingerprint density at radius 2 is 1.71 bits per heavy atom. The van der Waals surface area contributed by atoms with Gasteiger partial charge in [0.15, 0.2) is 15.0 Å². The fourth-order valence-corrected chi connectivity index (χ4v) is 5.61. The molecule has 34 heavy (non-hydrogen) atoms. The molecule has 0 aliphatic carbocycles. The lowest BCUT2D eigenvalue weighted by molar-refractivity contribution is -0.116. The highest BCUT2D eigenvalue weighted by molar-refractivity contribution is 7.92. The minimum absolute atomic E-state index is 0.0620. The van der Waals surface area contributed by atoms with E-state index in [1.807, 2.05) is 55.5 Å². The number of hydrogen-bond acceptors (Lipinski definition) is 7. The summed E-state index contributed by atoms with van der Waals surface area (Å²) in [6.45, 7) is 2.65. The van der Waals surface area contributed by atoms with Gasteiger partial charge in [0.25, 0.3) is 0 Å². The molecule has 0 saturated heterocycles. The van der Waals surface area contributed by atoms with E-state index >= 15 is 0 Å². The normalized spacial score (nSPS) is 11.4. The zero-order valence-corrected chi connectivity index (χ0v) is 20.4. The van der Waals surface area contributed by atoms with Crippen molar-refractivity contribution in [3.05, 3.63) is 78.4 Å². The van der Waals surface area contributed by atoms with Gasteiger partial charge in [0.05, 0.1) is 35.4 Å². The molecule has 0 saturated carbocycles. The molecule has 9 heteroatoms. The van der Waals surface area contributed by atoms with Gasteiger partial charge in [0.1, 0.15) is 17.3 Å². The van der Waals surface area contributed by atoms with Crippen molar-refractivity contribution in [2.75, 3.05) is 24.4 Å². The molecule has 3 aromatic carbocycles. The number of methoxy groups -OCH3 is 1. The molecule has 176 valence electrons. The van der Waals surface area contributed by atoms with Crippen LogP contribution in [0.4, 0.5) is 5.13 Å². The summed E-state index contributed by atoms with van der Waals surface area (Å²) >= 11 is 1.32. The first-order chi connectivity index (χ1) is 16.4. The van der Waals surface area contributed by atoms with Crippen LogP contribution in [0.5, 0.6) is 11.5 Å². The highest BCUT2D eigenvalue weighted by Gasteiger charge is 2.27. The molecule has 0 aliphatic heterocycles. The standard InChI is InChI=1S/C25H24N2O5S2/c1-3-32-20-11-14-22-23(15-20)33-25(26-22)27(16-18-7-5-4-6-8-18)24(28)17-34(29,30)21-12-9-19(31-2)10-13-21/h4-15H,3,16-17H2,1-2H3. The van der Waals surface area contributed by atoms with Crippen molar-refractivity contribution in [2.24, 2.45) is 0 Å². The summed E-state index contributed by atoms with van der Waals surface area (Å²) in [5.41, 5.74) is 1.58. The maximum Gasteiger partial charge on any atom is 0.244 e. The Labute approximate surface area is 202 Å². The van der Waals surface area contributed by atoms with Gasteiger partial charge in [0, 0.05) is 0 Å². The van der Waals surface area contributed by atoms with Crippen molar-refractivity contribution < 1.29 is 22.7 Å². The number of ether oxygens (including phenoxy) is 2. The Kier molecular flexibility index (Phi) is 7.14. The van der Waals surface area contributed by atoms with Crippen LogP contribution in [0.25, 0.3) is 10.2 Å². The molecule has 0 spiro atoms. The summed E-state index contributed by atoms with van der Waals surface area (Å²) in [4.78, 5) is 19.5. The minimum atomic E-state index is -3.86. The number of fused-ring (bicyclic) bond motifs is 1. The van der Waals surface area contributed by atoms with Crippen molar-refractivity contribution in [1.29, 1.82) is 0 Å². The highest BCUT2D eigenvalue weighted by Crippen LogP contribution is 2.33. The van der Waals surface area contributed by atoms with Crippen LogP contribution in [0.3, 0.4) is 0 Å². The summed E-state index contributed by atoms with van der Waals surface area (Å²) in [6, 6.07) is 20.9. The van der Waals surface area contributed by atoms with E-state index in [0.717, 1.165) is 10.3 Å². The first-order valence-electron chi connectivity index (χ1n) is 10.6. The minimum Gasteiger partial charge on any atom is -0.497 e. The maximum atomic E-state index is 13.4. The van der Waals surface area contributed by atoms with Gasteiger partial charge in [0.2, 0.25) is 5.91 Å². The summed E-state index contributed by atoms with van der Waals surface area (Å²) in [5, 5.41) is 0.433. The van der Waals surface area contributed by atoms with Crippen LogP contribution >= 0.6 is 11.3 Å². The number of carbonyl (C=O) groups is 1. The molecule has 1 aromatic heterocycles. The SMILES string of the molecule is CCOc1ccc2nc(N(Cc3ccccc3)C(=O)CS(=O)(=O)c3ccc(OC)cc3)sc2c1. The van der Waals surface area contributed by atoms with Crippen LogP contribution in [0, 0.1) is 0 Å². The van der Waals surface area contributed by atoms with Gasteiger partial charge >= 0.3 is 0 Å². The van der Waals surface area contributed by atoms with Crippen LogP contribution in [-0.2, 0) is 21.2 Å². The second kappa shape index (κ2) is 10.2.